The van der Waals surface area contributed by atoms with Gasteiger partial charge in [0.05, 0.1) is 24.4 Å². The summed E-state index contributed by atoms with van der Waals surface area (Å²) in [6.45, 7) is 3.51. The summed E-state index contributed by atoms with van der Waals surface area (Å²) in [6.07, 6.45) is 8.45. The molecule has 1 amide bonds. The molecule has 1 atom stereocenters. The molecule has 1 aromatic carbocycles. The number of carbonyl (C=O) groups is 2. The first kappa shape index (κ1) is 20.5. The van der Waals surface area contributed by atoms with Crippen molar-refractivity contribution in [3.63, 3.8) is 0 Å². The van der Waals surface area contributed by atoms with Crippen molar-refractivity contribution in [1.29, 1.82) is 0 Å². The summed E-state index contributed by atoms with van der Waals surface area (Å²) < 4.78 is 6.56. The van der Waals surface area contributed by atoms with Crippen LogP contribution in [0.5, 0.6) is 0 Å². The molecule has 1 unspecified atom stereocenters. The van der Waals surface area contributed by atoms with E-state index < -0.39 is 5.97 Å². The van der Waals surface area contributed by atoms with Crippen LogP contribution in [0, 0.1) is 5.92 Å². The largest absolute Gasteiger partial charge is 0.461 e. The average molecular weight is 420 g/mol. The molecule has 0 aliphatic carbocycles. The van der Waals surface area contributed by atoms with Crippen LogP contribution in [0.2, 0.25) is 0 Å². The predicted octanol–water partition coefficient (Wildman–Crippen LogP) is 2.69. The van der Waals surface area contributed by atoms with Gasteiger partial charge in [0, 0.05) is 37.4 Å². The number of nitrogens with one attached hydrogen (secondary N) is 1. The van der Waals surface area contributed by atoms with Crippen LogP contribution in [-0.2, 0) is 9.53 Å². The third kappa shape index (κ3) is 4.88. The maximum atomic E-state index is 12.9. The van der Waals surface area contributed by atoms with E-state index in [0.29, 0.717) is 18.8 Å². The Morgan fingerprint density at radius 1 is 1.26 bits per heavy atom. The number of nitrogens with zero attached hydrogens (tertiary/aromatic N) is 5. The first-order valence-electron chi connectivity index (χ1n) is 10.3. The molecule has 9 nitrogen and oxygen atoms in total. The summed E-state index contributed by atoms with van der Waals surface area (Å²) >= 11 is 0. The molecule has 9 heteroatoms. The first-order chi connectivity index (χ1) is 15.1. The van der Waals surface area contributed by atoms with Gasteiger partial charge in [0.15, 0.2) is 5.69 Å². The number of anilines is 2. The number of amides is 1. The van der Waals surface area contributed by atoms with Gasteiger partial charge in [-0.2, -0.15) is 5.10 Å². The van der Waals surface area contributed by atoms with E-state index in [0.717, 1.165) is 30.9 Å². The molecule has 1 aliphatic heterocycles. The Balaban J connectivity index is 1.43. The SMILES string of the molecule is CCOC(=O)c1ccn(-c2cccc(NC(=O)C3CCCN(c4cnccn4)C3)c2)n1. The van der Waals surface area contributed by atoms with Crippen molar-refractivity contribution in [3.8, 4) is 5.69 Å². The van der Waals surface area contributed by atoms with Gasteiger partial charge in [-0.15, -0.1) is 0 Å². The van der Waals surface area contributed by atoms with Gasteiger partial charge in [-0.3, -0.25) is 9.78 Å². The van der Waals surface area contributed by atoms with E-state index in [-0.39, 0.29) is 17.5 Å². The number of piperidine rings is 1. The lowest BCUT2D eigenvalue weighted by molar-refractivity contribution is -0.120. The summed E-state index contributed by atoms with van der Waals surface area (Å²) in [5.41, 5.74) is 1.65. The Morgan fingerprint density at radius 3 is 2.97 bits per heavy atom. The van der Waals surface area contributed by atoms with Crippen molar-refractivity contribution >= 4 is 23.4 Å². The van der Waals surface area contributed by atoms with E-state index in [2.05, 4.69) is 25.3 Å². The summed E-state index contributed by atoms with van der Waals surface area (Å²) in [6, 6.07) is 8.95. The number of esters is 1. The minimum absolute atomic E-state index is 0.0292. The molecule has 31 heavy (non-hydrogen) atoms. The van der Waals surface area contributed by atoms with Gasteiger partial charge in [-0.25, -0.2) is 14.5 Å². The lowest BCUT2D eigenvalue weighted by atomic mass is 9.97. The fourth-order valence-corrected chi connectivity index (χ4v) is 3.61. The molecule has 0 radical (unpaired) electrons. The monoisotopic (exact) mass is 420 g/mol. The second-order valence-corrected chi connectivity index (χ2v) is 7.25. The molecule has 0 spiro atoms. The van der Waals surface area contributed by atoms with Crippen LogP contribution < -0.4 is 10.2 Å². The molecule has 0 bridgehead atoms. The maximum absolute atomic E-state index is 12.9. The Kier molecular flexibility index (Phi) is 6.21. The van der Waals surface area contributed by atoms with Crippen LogP contribution >= 0.6 is 0 Å². The van der Waals surface area contributed by atoms with Crippen molar-refractivity contribution in [1.82, 2.24) is 19.7 Å². The molecule has 1 aliphatic rings. The van der Waals surface area contributed by atoms with E-state index in [9.17, 15) is 9.59 Å². The Morgan fingerprint density at radius 2 is 2.16 bits per heavy atom. The van der Waals surface area contributed by atoms with Crippen molar-refractivity contribution < 1.29 is 14.3 Å². The van der Waals surface area contributed by atoms with Crippen LogP contribution in [-0.4, -0.2) is 51.3 Å². The Bertz CT molecular complexity index is 1050. The molecular formula is C22H24N6O3. The van der Waals surface area contributed by atoms with Crippen LogP contribution in [0.4, 0.5) is 11.5 Å². The summed E-state index contributed by atoms with van der Waals surface area (Å²) in [5, 5.41) is 7.27. The Labute approximate surface area is 180 Å². The van der Waals surface area contributed by atoms with E-state index in [1.54, 1.807) is 42.5 Å². The van der Waals surface area contributed by atoms with Crippen molar-refractivity contribution in [2.45, 2.75) is 19.8 Å². The minimum atomic E-state index is -0.462. The van der Waals surface area contributed by atoms with Crippen LogP contribution in [0.1, 0.15) is 30.3 Å². The van der Waals surface area contributed by atoms with Gasteiger partial charge in [0.2, 0.25) is 5.91 Å². The van der Waals surface area contributed by atoms with Gasteiger partial charge >= 0.3 is 5.97 Å². The third-order valence-corrected chi connectivity index (χ3v) is 5.12. The first-order valence-corrected chi connectivity index (χ1v) is 10.3. The minimum Gasteiger partial charge on any atom is -0.461 e. The fraction of sp³-hybridized carbons (Fsp3) is 0.318. The van der Waals surface area contributed by atoms with Crippen LogP contribution in [0.3, 0.4) is 0 Å². The lowest BCUT2D eigenvalue weighted by Crippen LogP contribution is -2.41. The summed E-state index contributed by atoms with van der Waals surface area (Å²) in [4.78, 5) is 35.3. The van der Waals surface area contributed by atoms with Crippen molar-refractivity contribution in [3.05, 3.63) is 60.8 Å². The average Bonchev–Trinajstić information content (AvgIpc) is 3.31. The highest BCUT2D eigenvalue weighted by molar-refractivity contribution is 5.93. The zero-order chi connectivity index (χ0) is 21.6. The van der Waals surface area contributed by atoms with E-state index >= 15 is 0 Å². The number of hydrogen-bond donors (Lipinski definition) is 1. The second kappa shape index (κ2) is 9.38. The molecule has 1 fully saturated rings. The molecule has 2 aromatic heterocycles. The van der Waals surface area contributed by atoms with E-state index in [1.165, 1.54) is 0 Å². The highest BCUT2D eigenvalue weighted by Crippen LogP contribution is 2.23. The normalized spacial score (nSPS) is 16.0. The number of hydrogen-bond acceptors (Lipinski definition) is 7. The molecule has 0 saturated carbocycles. The van der Waals surface area contributed by atoms with Crippen LogP contribution in [0.25, 0.3) is 5.69 Å². The molecule has 1 N–H and O–H groups in total. The standard InChI is InChI=1S/C22H24N6O3/c1-2-31-22(30)19-8-12-28(26-19)18-7-3-6-17(13-18)25-21(29)16-5-4-11-27(15-16)20-14-23-9-10-24-20/h3,6-10,12-14,16H,2,4-5,11,15H2,1H3,(H,25,29). The molecule has 3 heterocycles. The predicted molar refractivity (Wildman–Crippen MR) is 115 cm³/mol. The molecular weight excluding hydrogens is 396 g/mol. The van der Waals surface area contributed by atoms with Gasteiger partial charge in [-0.1, -0.05) is 6.07 Å². The highest BCUT2D eigenvalue weighted by Gasteiger charge is 2.26. The number of aromatic nitrogens is 4. The fourth-order valence-electron chi connectivity index (χ4n) is 3.61. The Hall–Kier alpha value is -3.75. The smallest absolute Gasteiger partial charge is 0.358 e. The topological polar surface area (TPSA) is 102 Å². The zero-order valence-electron chi connectivity index (χ0n) is 17.3. The summed E-state index contributed by atoms with van der Waals surface area (Å²) in [7, 11) is 0. The number of carbonyl (C=O) groups excluding carboxylic acids is 2. The lowest BCUT2D eigenvalue weighted by Gasteiger charge is -2.32. The van der Waals surface area contributed by atoms with Crippen molar-refractivity contribution in [2.24, 2.45) is 5.92 Å². The summed E-state index contributed by atoms with van der Waals surface area (Å²) in [5.74, 6) is 0.159. The highest BCUT2D eigenvalue weighted by atomic mass is 16.5. The second-order valence-electron chi connectivity index (χ2n) is 7.25. The number of ether oxygens (including phenoxy) is 1. The third-order valence-electron chi connectivity index (χ3n) is 5.12. The van der Waals surface area contributed by atoms with Gasteiger partial charge in [0.25, 0.3) is 0 Å². The number of rotatable bonds is 6. The molecule has 3 aromatic rings. The van der Waals surface area contributed by atoms with Gasteiger partial charge in [-0.05, 0) is 44.0 Å². The van der Waals surface area contributed by atoms with Crippen molar-refractivity contribution in [2.75, 3.05) is 29.9 Å². The maximum Gasteiger partial charge on any atom is 0.358 e. The van der Waals surface area contributed by atoms with Gasteiger partial charge in [0.1, 0.15) is 5.82 Å². The number of benzene rings is 1. The molecule has 4 rings (SSSR count). The quantitative estimate of drug-likeness (QED) is 0.612. The van der Waals surface area contributed by atoms with E-state index in [4.69, 9.17) is 4.74 Å². The molecule has 160 valence electrons. The van der Waals surface area contributed by atoms with E-state index in [1.807, 2.05) is 24.3 Å². The molecule has 1 saturated heterocycles. The van der Waals surface area contributed by atoms with Crippen LogP contribution in [0.15, 0.2) is 55.1 Å². The van der Waals surface area contributed by atoms with Gasteiger partial charge < -0.3 is 15.0 Å². The zero-order valence-corrected chi connectivity index (χ0v) is 17.3.